The summed E-state index contributed by atoms with van der Waals surface area (Å²) in [6.45, 7) is 0.898. The molecular formula is C16H16BrN. The first-order chi connectivity index (χ1) is 8.81. The van der Waals surface area contributed by atoms with Gasteiger partial charge < -0.3 is 5.32 Å². The largest absolute Gasteiger partial charge is 0.381 e. The van der Waals surface area contributed by atoms with Gasteiger partial charge in [-0.3, -0.25) is 0 Å². The Bertz CT molecular complexity index is 546. The lowest BCUT2D eigenvalue weighted by Crippen LogP contribution is -2.00. The van der Waals surface area contributed by atoms with E-state index in [-0.39, 0.29) is 0 Å². The second kappa shape index (κ2) is 5.15. The van der Waals surface area contributed by atoms with Crippen LogP contribution in [0.5, 0.6) is 0 Å². The molecule has 0 radical (unpaired) electrons. The summed E-state index contributed by atoms with van der Waals surface area (Å²) in [7, 11) is 0. The minimum atomic E-state index is 0.898. The van der Waals surface area contributed by atoms with Crippen molar-refractivity contribution in [3.05, 3.63) is 63.6 Å². The molecule has 0 saturated carbocycles. The van der Waals surface area contributed by atoms with Gasteiger partial charge in [-0.05, 0) is 60.2 Å². The molecule has 1 aliphatic rings. The summed E-state index contributed by atoms with van der Waals surface area (Å²) in [5, 5.41) is 3.46. The molecule has 92 valence electrons. The molecule has 0 aliphatic heterocycles. The van der Waals surface area contributed by atoms with Crippen LogP contribution in [0.15, 0.2) is 46.9 Å². The van der Waals surface area contributed by atoms with Gasteiger partial charge >= 0.3 is 0 Å². The van der Waals surface area contributed by atoms with Crippen molar-refractivity contribution in [3.63, 3.8) is 0 Å². The Kier molecular flexibility index (Phi) is 3.37. The highest BCUT2D eigenvalue weighted by atomic mass is 79.9. The van der Waals surface area contributed by atoms with Crippen molar-refractivity contribution in [3.8, 4) is 0 Å². The van der Waals surface area contributed by atoms with E-state index in [0.717, 1.165) is 11.0 Å². The van der Waals surface area contributed by atoms with Crippen LogP contribution in [0.3, 0.4) is 0 Å². The van der Waals surface area contributed by atoms with Crippen LogP contribution in [0.25, 0.3) is 0 Å². The molecule has 0 spiro atoms. The molecule has 0 aromatic heterocycles. The fourth-order valence-electron chi connectivity index (χ4n) is 2.51. The van der Waals surface area contributed by atoms with Gasteiger partial charge in [-0.2, -0.15) is 0 Å². The minimum Gasteiger partial charge on any atom is -0.381 e. The Labute approximate surface area is 116 Å². The molecule has 1 nitrogen and oxygen atoms in total. The van der Waals surface area contributed by atoms with Crippen LogP contribution in [-0.2, 0) is 19.4 Å². The average Bonchev–Trinajstić information content (AvgIpc) is 2.85. The summed E-state index contributed by atoms with van der Waals surface area (Å²) in [6, 6.07) is 15.2. The molecule has 2 aromatic rings. The van der Waals surface area contributed by atoms with Gasteiger partial charge in [0.25, 0.3) is 0 Å². The molecule has 3 rings (SSSR count). The zero-order valence-corrected chi connectivity index (χ0v) is 11.8. The second-order valence-electron chi connectivity index (χ2n) is 4.82. The van der Waals surface area contributed by atoms with Gasteiger partial charge in [0.05, 0.1) is 0 Å². The van der Waals surface area contributed by atoms with E-state index in [1.807, 2.05) is 0 Å². The highest BCUT2D eigenvalue weighted by molar-refractivity contribution is 9.10. The number of nitrogens with one attached hydrogen (secondary N) is 1. The molecule has 0 atom stereocenters. The van der Waals surface area contributed by atoms with E-state index in [1.165, 1.54) is 30.5 Å². The molecule has 0 amide bonds. The monoisotopic (exact) mass is 301 g/mol. The molecule has 18 heavy (non-hydrogen) atoms. The lowest BCUT2D eigenvalue weighted by molar-refractivity contribution is 0.911. The van der Waals surface area contributed by atoms with Gasteiger partial charge in [-0.25, -0.2) is 0 Å². The van der Waals surface area contributed by atoms with E-state index in [4.69, 9.17) is 0 Å². The number of hydrogen-bond acceptors (Lipinski definition) is 1. The smallest absolute Gasteiger partial charge is 0.0400 e. The van der Waals surface area contributed by atoms with Crippen LogP contribution < -0.4 is 5.32 Å². The van der Waals surface area contributed by atoms with Crippen LogP contribution in [0.4, 0.5) is 5.69 Å². The maximum Gasteiger partial charge on any atom is 0.0400 e. The molecule has 0 bridgehead atoms. The van der Waals surface area contributed by atoms with Gasteiger partial charge in [-0.1, -0.05) is 34.1 Å². The quantitative estimate of drug-likeness (QED) is 0.877. The number of aryl methyl sites for hydroxylation is 2. The summed E-state index contributed by atoms with van der Waals surface area (Å²) in [5.74, 6) is 0. The lowest BCUT2D eigenvalue weighted by Gasteiger charge is -2.08. The van der Waals surface area contributed by atoms with E-state index in [0.29, 0.717) is 0 Å². The zero-order chi connectivity index (χ0) is 12.4. The third-order valence-electron chi connectivity index (χ3n) is 3.50. The van der Waals surface area contributed by atoms with E-state index < -0.39 is 0 Å². The first-order valence-electron chi connectivity index (χ1n) is 6.41. The number of rotatable bonds is 3. The van der Waals surface area contributed by atoms with Gasteiger partial charge in [0.15, 0.2) is 0 Å². The summed E-state index contributed by atoms with van der Waals surface area (Å²) in [5.41, 5.74) is 5.63. The number of hydrogen-bond donors (Lipinski definition) is 1. The summed E-state index contributed by atoms with van der Waals surface area (Å²) in [6.07, 6.45) is 3.83. The van der Waals surface area contributed by atoms with Crippen LogP contribution >= 0.6 is 15.9 Å². The van der Waals surface area contributed by atoms with Crippen LogP contribution in [-0.4, -0.2) is 0 Å². The first kappa shape index (κ1) is 11.8. The van der Waals surface area contributed by atoms with Gasteiger partial charge in [0.2, 0.25) is 0 Å². The maximum atomic E-state index is 3.46. The number of benzene rings is 2. The number of fused-ring (bicyclic) bond motifs is 1. The fourth-order valence-corrected chi connectivity index (χ4v) is 2.77. The molecule has 2 heteroatoms. The minimum absolute atomic E-state index is 0.898. The van der Waals surface area contributed by atoms with E-state index in [2.05, 4.69) is 63.7 Å². The number of halogens is 1. The Hall–Kier alpha value is -1.28. The molecule has 0 fully saturated rings. The van der Waals surface area contributed by atoms with Crippen molar-refractivity contribution in [2.75, 3.05) is 5.32 Å². The summed E-state index contributed by atoms with van der Waals surface area (Å²) in [4.78, 5) is 0. The summed E-state index contributed by atoms with van der Waals surface area (Å²) < 4.78 is 1.12. The van der Waals surface area contributed by atoms with Gasteiger partial charge in [-0.15, -0.1) is 0 Å². The predicted molar refractivity (Wildman–Crippen MR) is 79.9 cm³/mol. The third kappa shape index (κ3) is 2.59. The average molecular weight is 302 g/mol. The topological polar surface area (TPSA) is 12.0 Å². The molecular weight excluding hydrogens is 286 g/mol. The van der Waals surface area contributed by atoms with Crippen LogP contribution in [0, 0.1) is 0 Å². The molecule has 0 heterocycles. The molecule has 0 saturated heterocycles. The fraction of sp³-hybridized carbons (Fsp3) is 0.250. The molecule has 0 unspecified atom stereocenters. The Balaban J connectivity index is 1.68. The summed E-state index contributed by atoms with van der Waals surface area (Å²) >= 11 is 3.45. The van der Waals surface area contributed by atoms with Crippen molar-refractivity contribution in [1.29, 1.82) is 0 Å². The van der Waals surface area contributed by atoms with E-state index >= 15 is 0 Å². The zero-order valence-electron chi connectivity index (χ0n) is 10.2. The standard InChI is InChI=1S/C16H16BrN/c17-15-6-8-16(9-7-15)18-11-12-4-5-13-2-1-3-14(13)10-12/h4-10,18H,1-3,11H2. The second-order valence-corrected chi connectivity index (χ2v) is 5.73. The molecule has 2 aromatic carbocycles. The van der Waals surface area contributed by atoms with E-state index in [1.54, 1.807) is 11.1 Å². The van der Waals surface area contributed by atoms with Crippen molar-refractivity contribution < 1.29 is 0 Å². The van der Waals surface area contributed by atoms with Crippen molar-refractivity contribution in [1.82, 2.24) is 0 Å². The number of anilines is 1. The third-order valence-corrected chi connectivity index (χ3v) is 4.03. The highest BCUT2D eigenvalue weighted by Crippen LogP contribution is 2.23. The SMILES string of the molecule is Brc1ccc(NCc2ccc3c(c2)CCC3)cc1. The lowest BCUT2D eigenvalue weighted by atomic mass is 10.1. The molecule has 1 aliphatic carbocycles. The van der Waals surface area contributed by atoms with E-state index in [9.17, 15) is 0 Å². The van der Waals surface area contributed by atoms with Crippen molar-refractivity contribution in [2.24, 2.45) is 0 Å². The highest BCUT2D eigenvalue weighted by Gasteiger charge is 2.10. The predicted octanol–water partition coefficient (Wildman–Crippen LogP) is 4.55. The normalized spacial score (nSPS) is 13.4. The van der Waals surface area contributed by atoms with Crippen molar-refractivity contribution >= 4 is 21.6 Å². The van der Waals surface area contributed by atoms with Crippen molar-refractivity contribution in [2.45, 2.75) is 25.8 Å². The Morgan fingerprint density at radius 2 is 1.72 bits per heavy atom. The van der Waals surface area contributed by atoms with Crippen LogP contribution in [0.1, 0.15) is 23.1 Å². The van der Waals surface area contributed by atoms with Gasteiger partial charge in [0.1, 0.15) is 0 Å². The van der Waals surface area contributed by atoms with Crippen LogP contribution in [0.2, 0.25) is 0 Å². The first-order valence-corrected chi connectivity index (χ1v) is 7.21. The Morgan fingerprint density at radius 1 is 0.944 bits per heavy atom. The molecule has 1 N–H and O–H groups in total. The maximum absolute atomic E-state index is 3.46. The van der Waals surface area contributed by atoms with Gasteiger partial charge in [0, 0.05) is 16.7 Å². The Morgan fingerprint density at radius 3 is 2.56 bits per heavy atom.